The van der Waals surface area contributed by atoms with Crippen LogP contribution in [-0.2, 0) is 0 Å². The summed E-state index contributed by atoms with van der Waals surface area (Å²) in [4.78, 5) is 3.54. The van der Waals surface area contributed by atoms with Gasteiger partial charge in [-0.3, -0.25) is 0 Å². The molecule has 0 radical (unpaired) electrons. The van der Waals surface area contributed by atoms with Gasteiger partial charge in [-0.05, 0) is 18.1 Å². The third-order valence-electron chi connectivity index (χ3n) is 1.78. The summed E-state index contributed by atoms with van der Waals surface area (Å²) in [6, 6.07) is 3.01. The fraction of sp³-hybridized carbons (Fsp3) is 0.444. The highest BCUT2D eigenvalue weighted by Crippen LogP contribution is 2.13. The van der Waals surface area contributed by atoms with Crippen molar-refractivity contribution in [2.75, 3.05) is 0 Å². The van der Waals surface area contributed by atoms with Crippen molar-refractivity contribution >= 4 is 0 Å². The topological polar surface area (TPSA) is 38.9 Å². The molecule has 0 unspecified atom stereocenters. The van der Waals surface area contributed by atoms with Crippen LogP contribution in [0.25, 0.3) is 0 Å². The van der Waals surface area contributed by atoms with Crippen LogP contribution in [0.3, 0.4) is 0 Å². The predicted molar refractivity (Wildman–Crippen MR) is 46.0 cm³/mol. The van der Waals surface area contributed by atoms with E-state index in [0.717, 1.165) is 18.4 Å². The molecule has 0 saturated carbocycles. The third kappa shape index (κ3) is 2.27. The van der Waals surface area contributed by atoms with Gasteiger partial charge < -0.3 is 5.73 Å². The van der Waals surface area contributed by atoms with Gasteiger partial charge in [-0.15, -0.1) is 0 Å². The lowest BCUT2D eigenvalue weighted by molar-refractivity contribution is 0.575. The van der Waals surface area contributed by atoms with E-state index in [9.17, 15) is 4.39 Å². The average Bonchev–Trinajstić information content (AvgIpc) is 2.06. The molecule has 0 aliphatic carbocycles. The number of halogens is 1. The largest absolute Gasteiger partial charge is 0.324 e. The first kappa shape index (κ1) is 9.13. The second-order valence-electron chi connectivity index (χ2n) is 2.81. The van der Waals surface area contributed by atoms with E-state index in [-0.39, 0.29) is 6.04 Å². The lowest BCUT2D eigenvalue weighted by Gasteiger charge is -2.08. The van der Waals surface area contributed by atoms with Crippen LogP contribution in [0.5, 0.6) is 0 Å². The van der Waals surface area contributed by atoms with Crippen molar-refractivity contribution in [1.82, 2.24) is 4.98 Å². The Balaban J connectivity index is 2.68. The van der Waals surface area contributed by atoms with Crippen LogP contribution >= 0.6 is 0 Å². The zero-order valence-corrected chi connectivity index (χ0v) is 7.13. The average molecular weight is 168 g/mol. The van der Waals surface area contributed by atoms with E-state index >= 15 is 0 Å². The van der Waals surface area contributed by atoms with E-state index < -0.39 is 5.95 Å². The molecule has 1 aromatic heterocycles. The Kier molecular flexibility index (Phi) is 3.17. The lowest BCUT2D eigenvalue weighted by Crippen LogP contribution is -2.09. The molecular formula is C9H13FN2. The fourth-order valence-electron chi connectivity index (χ4n) is 1.08. The second kappa shape index (κ2) is 4.16. The first-order valence-corrected chi connectivity index (χ1v) is 4.11. The highest BCUT2D eigenvalue weighted by Gasteiger charge is 2.04. The highest BCUT2D eigenvalue weighted by molar-refractivity contribution is 5.13. The van der Waals surface area contributed by atoms with Gasteiger partial charge in [0.1, 0.15) is 0 Å². The van der Waals surface area contributed by atoms with Crippen LogP contribution in [0.15, 0.2) is 18.3 Å². The molecule has 0 saturated heterocycles. The van der Waals surface area contributed by atoms with Crippen molar-refractivity contribution in [2.45, 2.75) is 25.8 Å². The molecule has 3 heteroatoms. The molecule has 0 fully saturated rings. The van der Waals surface area contributed by atoms with E-state index in [1.807, 2.05) is 0 Å². The molecule has 66 valence electrons. The minimum absolute atomic E-state index is 0.0110. The lowest BCUT2D eigenvalue weighted by atomic mass is 10.1. The van der Waals surface area contributed by atoms with Gasteiger partial charge in [0.05, 0.1) is 0 Å². The summed E-state index contributed by atoms with van der Waals surface area (Å²) < 4.78 is 12.4. The second-order valence-corrected chi connectivity index (χ2v) is 2.81. The van der Waals surface area contributed by atoms with Crippen LogP contribution in [-0.4, -0.2) is 4.98 Å². The fourth-order valence-corrected chi connectivity index (χ4v) is 1.08. The van der Waals surface area contributed by atoms with Crippen LogP contribution in [0, 0.1) is 5.95 Å². The third-order valence-corrected chi connectivity index (χ3v) is 1.78. The molecule has 0 aliphatic rings. The predicted octanol–water partition coefficient (Wildman–Crippen LogP) is 2.02. The maximum atomic E-state index is 12.4. The molecule has 1 rings (SSSR count). The van der Waals surface area contributed by atoms with E-state index in [0.29, 0.717) is 0 Å². The number of nitrogens with two attached hydrogens (primary N) is 1. The number of hydrogen-bond acceptors (Lipinski definition) is 2. The Hall–Kier alpha value is -0.960. The van der Waals surface area contributed by atoms with E-state index in [2.05, 4.69) is 11.9 Å². The molecule has 0 bridgehead atoms. The van der Waals surface area contributed by atoms with Crippen LogP contribution < -0.4 is 5.73 Å². The van der Waals surface area contributed by atoms with E-state index in [1.54, 1.807) is 6.07 Å². The van der Waals surface area contributed by atoms with Crippen molar-refractivity contribution in [3.63, 3.8) is 0 Å². The molecule has 0 aromatic carbocycles. The van der Waals surface area contributed by atoms with Crippen LogP contribution in [0.4, 0.5) is 4.39 Å². The Bertz CT molecular complexity index is 233. The molecule has 1 aromatic rings. The quantitative estimate of drug-likeness (QED) is 0.701. The minimum atomic E-state index is -0.456. The highest BCUT2D eigenvalue weighted by atomic mass is 19.1. The van der Waals surface area contributed by atoms with Gasteiger partial charge in [0.15, 0.2) is 0 Å². The number of pyridine rings is 1. The summed E-state index contributed by atoms with van der Waals surface area (Å²) in [5.74, 6) is -0.456. The molecule has 1 atom stereocenters. The zero-order chi connectivity index (χ0) is 8.97. The molecule has 12 heavy (non-hydrogen) atoms. The molecule has 0 amide bonds. The summed E-state index contributed by atoms with van der Waals surface area (Å²) in [5, 5.41) is 0. The van der Waals surface area contributed by atoms with E-state index in [4.69, 9.17) is 5.73 Å². The van der Waals surface area contributed by atoms with Gasteiger partial charge in [-0.1, -0.05) is 19.4 Å². The van der Waals surface area contributed by atoms with Crippen molar-refractivity contribution in [2.24, 2.45) is 5.73 Å². The van der Waals surface area contributed by atoms with Crippen molar-refractivity contribution in [1.29, 1.82) is 0 Å². The normalized spacial score (nSPS) is 12.9. The monoisotopic (exact) mass is 168 g/mol. The maximum Gasteiger partial charge on any atom is 0.212 e. The standard InChI is InChI=1S/C9H13FN2/c1-2-3-8(11)7-4-5-9(10)12-6-7/h4-6,8H,2-3,11H2,1H3/t8-/m1/s1. The Morgan fingerprint density at radius 1 is 1.58 bits per heavy atom. The summed E-state index contributed by atoms with van der Waals surface area (Å²) >= 11 is 0. The Labute approximate surface area is 71.6 Å². The first-order valence-electron chi connectivity index (χ1n) is 4.11. The minimum Gasteiger partial charge on any atom is -0.324 e. The summed E-state index contributed by atoms with van der Waals surface area (Å²) in [7, 11) is 0. The number of nitrogens with zero attached hydrogens (tertiary/aromatic N) is 1. The summed E-state index contributed by atoms with van der Waals surface area (Å²) in [6.45, 7) is 2.07. The zero-order valence-electron chi connectivity index (χ0n) is 7.13. The summed E-state index contributed by atoms with van der Waals surface area (Å²) in [5.41, 5.74) is 6.69. The van der Waals surface area contributed by atoms with Crippen molar-refractivity contribution in [3.05, 3.63) is 29.8 Å². The number of rotatable bonds is 3. The van der Waals surface area contributed by atoms with E-state index in [1.165, 1.54) is 12.3 Å². The molecule has 2 N–H and O–H groups in total. The Morgan fingerprint density at radius 3 is 2.83 bits per heavy atom. The van der Waals surface area contributed by atoms with Gasteiger partial charge in [0.2, 0.25) is 5.95 Å². The van der Waals surface area contributed by atoms with Crippen LogP contribution in [0.2, 0.25) is 0 Å². The SMILES string of the molecule is CCC[C@@H](N)c1ccc(F)nc1. The number of hydrogen-bond donors (Lipinski definition) is 1. The van der Waals surface area contributed by atoms with Crippen molar-refractivity contribution < 1.29 is 4.39 Å². The Morgan fingerprint density at radius 2 is 2.33 bits per heavy atom. The van der Waals surface area contributed by atoms with Gasteiger partial charge in [-0.25, -0.2) is 4.98 Å². The van der Waals surface area contributed by atoms with Gasteiger partial charge >= 0.3 is 0 Å². The molecule has 0 aliphatic heterocycles. The van der Waals surface area contributed by atoms with Gasteiger partial charge in [-0.2, -0.15) is 4.39 Å². The van der Waals surface area contributed by atoms with Gasteiger partial charge in [0.25, 0.3) is 0 Å². The smallest absolute Gasteiger partial charge is 0.212 e. The van der Waals surface area contributed by atoms with Crippen LogP contribution in [0.1, 0.15) is 31.4 Å². The molecule has 2 nitrogen and oxygen atoms in total. The maximum absolute atomic E-state index is 12.4. The first-order chi connectivity index (χ1) is 5.74. The molecule has 0 spiro atoms. The number of aromatic nitrogens is 1. The summed E-state index contributed by atoms with van der Waals surface area (Å²) in [6.07, 6.45) is 3.43. The van der Waals surface area contributed by atoms with Gasteiger partial charge in [0, 0.05) is 12.2 Å². The molecular weight excluding hydrogens is 155 g/mol. The van der Waals surface area contributed by atoms with Crippen molar-refractivity contribution in [3.8, 4) is 0 Å². The molecule has 1 heterocycles.